The standard InChI is InChI=1S/C20H16.2ClH.2Mg/c1-2-6-18-12-15(11-17(18)5-1)9-10-16-13-19-7-3-4-8-20(19)14-16;;;;/h1-8,11-14H,9-10H2;2*1H;;/q-2;;;2*+2/p-2. The summed E-state index contributed by atoms with van der Waals surface area (Å²) in [5.74, 6) is 0. The van der Waals surface area contributed by atoms with Crippen LogP contribution in [-0.2, 0) is 12.8 Å². The fourth-order valence-electron chi connectivity index (χ4n) is 3.01. The van der Waals surface area contributed by atoms with Crippen molar-refractivity contribution in [3.8, 4) is 0 Å². The SMILES string of the molecule is [Cl-].[Cl-].[Mg+2].[Mg+2].c1ccc2[cH-]c(CCc3cc4ccccc4[cH-]3)cc2c1. The fourth-order valence-corrected chi connectivity index (χ4v) is 3.01. The van der Waals surface area contributed by atoms with E-state index < -0.39 is 0 Å². The van der Waals surface area contributed by atoms with Crippen molar-refractivity contribution < 1.29 is 24.8 Å². The second-order valence-electron chi connectivity index (χ2n) is 5.49. The molecular formula is C20H16Cl2Mg2. The molecule has 0 spiro atoms. The molecule has 0 amide bonds. The molecule has 0 aliphatic heterocycles. The zero-order chi connectivity index (χ0) is 13.4. The molecule has 0 atom stereocenters. The van der Waals surface area contributed by atoms with Gasteiger partial charge in [-0.25, -0.2) is 0 Å². The summed E-state index contributed by atoms with van der Waals surface area (Å²) < 4.78 is 0. The molecule has 0 saturated heterocycles. The zero-order valence-electron chi connectivity index (χ0n) is 13.5. The number of aryl methyl sites for hydroxylation is 2. The third kappa shape index (κ3) is 5.14. The van der Waals surface area contributed by atoms with Gasteiger partial charge < -0.3 is 24.8 Å². The number of halogens is 2. The van der Waals surface area contributed by atoms with Gasteiger partial charge in [0.1, 0.15) is 0 Å². The Bertz CT molecular complexity index is 737. The molecule has 114 valence electrons. The molecule has 0 fully saturated rings. The smallest absolute Gasteiger partial charge is 1.00 e. The van der Waals surface area contributed by atoms with Crippen molar-refractivity contribution in [1.29, 1.82) is 0 Å². The second-order valence-corrected chi connectivity index (χ2v) is 5.49. The van der Waals surface area contributed by atoms with Gasteiger partial charge >= 0.3 is 46.1 Å². The maximum absolute atomic E-state index is 2.32. The van der Waals surface area contributed by atoms with Gasteiger partial charge in [0.2, 0.25) is 0 Å². The normalized spacial score (nSPS) is 9.50. The van der Waals surface area contributed by atoms with Crippen molar-refractivity contribution in [3.05, 3.63) is 83.9 Å². The van der Waals surface area contributed by atoms with Gasteiger partial charge in [-0.2, -0.15) is 12.1 Å². The Kier molecular flexibility index (Phi) is 10.6. The first-order valence-corrected chi connectivity index (χ1v) is 7.17. The van der Waals surface area contributed by atoms with Gasteiger partial charge in [-0.05, 0) is 12.8 Å². The summed E-state index contributed by atoms with van der Waals surface area (Å²) in [7, 11) is 0. The van der Waals surface area contributed by atoms with Gasteiger partial charge in [-0.15, -0.1) is 81.2 Å². The van der Waals surface area contributed by atoms with E-state index in [2.05, 4.69) is 72.8 Å². The van der Waals surface area contributed by atoms with Crippen LogP contribution in [0.1, 0.15) is 11.1 Å². The molecule has 0 N–H and O–H groups in total. The summed E-state index contributed by atoms with van der Waals surface area (Å²) in [5.41, 5.74) is 2.88. The average Bonchev–Trinajstić information content (AvgIpc) is 3.07. The van der Waals surface area contributed by atoms with Crippen LogP contribution >= 0.6 is 0 Å². The van der Waals surface area contributed by atoms with Crippen LogP contribution in [0.2, 0.25) is 0 Å². The van der Waals surface area contributed by atoms with E-state index in [1.807, 2.05) is 0 Å². The molecule has 0 nitrogen and oxygen atoms in total. The monoisotopic (exact) mass is 374 g/mol. The van der Waals surface area contributed by atoms with E-state index >= 15 is 0 Å². The summed E-state index contributed by atoms with van der Waals surface area (Å²) in [5, 5.41) is 5.43. The number of rotatable bonds is 3. The predicted octanol–water partition coefficient (Wildman–Crippen LogP) is -1.54. The van der Waals surface area contributed by atoms with Crippen molar-refractivity contribution in [2.24, 2.45) is 0 Å². The first kappa shape index (κ1) is 23.8. The third-order valence-corrected chi connectivity index (χ3v) is 4.06. The molecule has 0 heterocycles. The quantitative estimate of drug-likeness (QED) is 0.301. The van der Waals surface area contributed by atoms with Crippen LogP contribution in [0, 0.1) is 0 Å². The number of benzene rings is 2. The first-order valence-electron chi connectivity index (χ1n) is 7.17. The topological polar surface area (TPSA) is 0 Å². The van der Waals surface area contributed by atoms with Gasteiger partial charge in [0.15, 0.2) is 0 Å². The van der Waals surface area contributed by atoms with E-state index in [9.17, 15) is 0 Å². The van der Waals surface area contributed by atoms with Crippen molar-refractivity contribution in [1.82, 2.24) is 0 Å². The van der Waals surface area contributed by atoms with Crippen molar-refractivity contribution in [3.63, 3.8) is 0 Å². The minimum absolute atomic E-state index is 0. The largest absolute Gasteiger partial charge is 2.00 e. The van der Waals surface area contributed by atoms with Gasteiger partial charge in [0.05, 0.1) is 0 Å². The summed E-state index contributed by atoms with van der Waals surface area (Å²) >= 11 is 0. The first-order chi connectivity index (χ1) is 9.88. The van der Waals surface area contributed by atoms with E-state index in [4.69, 9.17) is 0 Å². The Morgan fingerprint density at radius 2 is 0.958 bits per heavy atom. The molecule has 4 heteroatoms. The van der Waals surface area contributed by atoms with Gasteiger partial charge in [-0.1, -0.05) is 12.1 Å². The summed E-state index contributed by atoms with van der Waals surface area (Å²) in [6.45, 7) is 0. The van der Waals surface area contributed by atoms with Crippen LogP contribution in [0.15, 0.2) is 72.8 Å². The molecule has 0 saturated carbocycles. The van der Waals surface area contributed by atoms with E-state index in [0.717, 1.165) is 12.8 Å². The summed E-state index contributed by atoms with van der Waals surface area (Å²) in [4.78, 5) is 0. The van der Waals surface area contributed by atoms with Crippen LogP contribution in [0.25, 0.3) is 21.5 Å². The Balaban J connectivity index is 0.00000132. The number of fused-ring (bicyclic) bond motifs is 2. The van der Waals surface area contributed by atoms with Gasteiger partial charge in [-0.3, -0.25) is 0 Å². The van der Waals surface area contributed by atoms with E-state index in [1.165, 1.54) is 32.7 Å². The van der Waals surface area contributed by atoms with E-state index in [0.29, 0.717) is 0 Å². The molecule has 0 aliphatic rings. The molecule has 0 aromatic heterocycles. The van der Waals surface area contributed by atoms with Crippen molar-refractivity contribution in [2.75, 3.05) is 0 Å². The Hall–Kier alpha value is -0.228. The minimum Gasteiger partial charge on any atom is -1.00 e. The molecule has 0 aliphatic carbocycles. The Morgan fingerprint density at radius 1 is 0.583 bits per heavy atom. The van der Waals surface area contributed by atoms with Crippen LogP contribution < -0.4 is 24.8 Å². The molecule has 0 bridgehead atoms. The van der Waals surface area contributed by atoms with E-state index in [1.54, 1.807) is 0 Å². The molecular weight excluding hydrogens is 360 g/mol. The maximum atomic E-state index is 2.32. The van der Waals surface area contributed by atoms with Gasteiger partial charge in [0, 0.05) is 0 Å². The zero-order valence-corrected chi connectivity index (χ0v) is 17.9. The molecule has 0 radical (unpaired) electrons. The molecule has 0 unspecified atom stereocenters. The van der Waals surface area contributed by atoms with Crippen LogP contribution in [0.4, 0.5) is 0 Å². The van der Waals surface area contributed by atoms with Crippen molar-refractivity contribution >= 4 is 67.7 Å². The number of hydrogen-bond donors (Lipinski definition) is 0. The second kappa shape index (κ2) is 10.7. The maximum Gasteiger partial charge on any atom is 2.00 e. The Morgan fingerprint density at radius 3 is 1.33 bits per heavy atom. The van der Waals surface area contributed by atoms with Crippen LogP contribution in [-0.4, -0.2) is 46.1 Å². The third-order valence-electron chi connectivity index (χ3n) is 4.06. The fraction of sp³-hybridized carbons (Fsp3) is 0.100. The summed E-state index contributed by atoms with van der Waals surface area (Å²) in [6.07, 6.45) is 2.23. The molecule has 4 aromatic carbocycles. The van der Waals surface area contributed by atoms with Crippen LogP contribution in [0.3, 0.4) is 0 Å². The van der Waals surface area contributed by atoms with Gasteiger partial charge in [0.25, 0.3) is 0 Å². The molecule has 4 aromatic rings. The average molecular weight is 376 g/mol. The predicted molar refractivity (Wildman–Crippen MR) is 98.0 cm³/mol. The number of hydrogen-bond acceptors (Lipinski definition) is 0. The minimum atomic E-state index is 0. The molecule has 4 rings (SSSR count). The van der Waals surface area contributed by atoms with Crippen LogP contribution in [0.5, 0.6) is 0 Å². The van der Waals surface area contributed by atoms with Crippen molar-refractivity contribution in [2.45, 2.75) is 12.8 Å². The Labute approximate surface area is 187 Å². The van der Waals surface area contributed by atoms with E-state index in [-0.39, 0.29) is 70.9 Å². The summed E-state index contributed by atoms with van der Waals surface area (Å²) in [6, 6.07) is 26.5. The molecule has 24 heavy (non-hydrogen) atoms.